The monoisotopic (exact) mass is 764 g/mol. The highest BCUT2D eigenvalue weighted by Gasteiger charge is 2.45. The van der Waals surface area contributed by atoms with Gasteiger partial charge in [0.2, 0.25) is 6.71 Å². The van der Waals surface area contributed by atoms with E-state index >= 15 is 0 Å². The van der Waals surface area contributed by atoms with Gasteiger partial charge in [0.25, 0.3) is 0 Å². The third kappa shape index (κ3) is 5.72. The molecule has 57 heavy (non-hydrogen) atoms. The van der Waals surface area contributed by atoms with E-state index in [1.54, 1.807) is 0 Å². The number of fused-ring (bicyclic) bond motifs is 2. The zero-order chi connectivity index (χ0) is 38.1. The smallest absolute Gasteiger partial charge is 0.134 e. The molecule has 9 aromatic carbocycles. The number of benzene rings is 9. The maximum absolute atomic E-state index is 2.49. The fourth-order valence-corrected chi connectivity index (χ4v) is 17.3. The minimum absolute atomic E-state index is 0.0415. The first kappa shape index (κ1) is 35.2. The molecule has 0 spiro atoms. The molecule has 0 nitrogen and oxygen atoms in total. The maximum atomic E-state index is 2.49. The van der Waals surface area contributed by atoms with E-state index in [1.165, 1.54) is 66.7 Å². The van der Waals surface area contributed by atoms with Crippen LogP contribution in [0.4, 0.5) is 0 Å². The van der Waals surface area contributed by atoms with Crippen LogP contribution in [-0.2, 0) is 0 Å². The molecule has 10 rings (SSSR count). The molecule has 0 bridgehead atoms. The van der Waals surface area contributed by atoms with Crippen LogP contribution in [0.5, 0.6) is 0 Å². The van der Waals surface area contributed by atoms with E-state index in [0.717, 1.165) is 0 Å². The van der Waals surface area contributed by atoms with Crippen molar-refractivity contribution in [1.29, 1.82) is 0 Å². The van der Waals surface area contributed by atoms with Crippen molar-refractivity contribution in [1.82, 2.24) is 0 Å². The topological polar surface area (TPSA) is 0 Å². The van der Waals surface area contributed by atoms with Crippen LogP contribution in [0.3, 0.4) is 0 Å². The van der Waals surface area contributed by atoms with Gasteiger partial charge in [-0.25, -0.2) is 0 Å². The Balaban J connectivity index is 1.22. The highest BCUT2D eigenvalue weighted by Crippen LogP contribution is 2.74. The summed E-state index contributed by atoms with van der Waals surface area (Å²) in [4.78, 5) is 10.8. The Bertz CT molecular complexity index is 2600. The van der Waals surface area contributed by atoms with Crippen LogP contribution in [0, 0.1) is 0 Å². The van der Waals surface area contributed by atoms with E-state index in [-0.39, 0.29) is 6.71 Å². The van der Waals surface area contributed by atoms with Crippen LogP contribution in [0.25, 0.3) is 11.1 Å². The molecule has 0 amide bonds. The molecular weight excluding hydrogens is 724 g/mol. The van der Waals surface area contributed by atoms with Gasteiger partial charge in [0.15, 0.2) is 0 Å². The molecule has 0 unspecified atom stereocenters. The second-order valence-electron chi connectivity index (χ2n) is 14.4. The first-order chi connectivity index (χ1) is 28.3. The van der Waals surface area contributed by atoms with E-state index in [2.05, 4.69) is 249 Å². The molecule has 0 aromatic heterocycles. The summed E-state index contributed by atoms with van der Waals surface area (Å²) in [6, 6.07) is 93.1. The Labute approximate surface area is 340 Å². The molecule has 1 aliphatic heterocycles. The molecule has 0 saturated heterocycles. The van der Waals surface area contributed by atoms with Crippen molar-refractivity contribution in [3.8, 4) is 11.1 Å². The van der Waals surface area contributed by atoms with Crippen LogP contribution in [0.2, 0.25) is 0 Å². The number of hydrogen-bond acceptors (Lipinski definition) is 0. The van der Waals surface area contributed by atoms with Crippen LogP contribution >= 0.6 is 20.1 Å². The van der Waals surface area contributed by atoms with Crippen LogP contribution in [-0.4, -0.2) is 6.71 Å². The summed E-state index contributed by atoms with van der Waals surface area (Å²) in [6.07, 6.45) is 0. The normalized spacial score (nSPS) is 13.9. The largest absolute Gasteiger partial charge is 0.244 e. The summed E-state index contributed by atoms with van der Waals surface area (Å²) in [5, 5.41) is 0. The minimum atomic E-state index is -1.85. The van der Waals surface area contributed by atoms with Crippen molar-refractivity contribution >= 4 is 43.2 Å². The molecule has 9 aromatic rings. The lowest BCUT2D eigenvalue weighted by atomic mass is 9.35. The second kappa shape index (κ2) is 15.0. The first-order valence-corrected chi connectivity index (χ1v) is 22.9. The average molecular weight is 765 g/mol. The van der Waals surface area contributed by atoms with E-state index < -0.39 is 20.1 Å². The SMILES string of the molecule is c1ccc(S(c2ccccc2)(c2ccccc2)c2cccc(-c3ccccc3B3c4ccccc4S(c4ccccc4)(c4ccccc4)c4ccccc43)c2)cc1. The highest BCUT2D eigenvalue weighted by molar-refractivity contribution is 8.34. The van der Waals surface area contributed by atoms with Crippen molar-refractivity contribution < 1.29 is 0 Å². The Morgan fingerprint density at radius 3 is 1.14 bits per heavy atom. The van der Waals surface area contributed by atoms with Gasteiger partial charge < -0.3 is 0 Å². The van der Waals surface area contributed by atoms with Crippen molar-refractivity contribution in [2.45, 2.75) is 39.2 Å². The van der Waals surface area contributed by atoms with Gasteiger partial charge >= 0.3 is 0 Å². The van der Waals surface area contributed by atoms with Gasteiger partial charge in [0.05, 0.1) is 0 Å². The molecule has 0 radical (unpaired) electrons. The number of hydrogen-bond donors (Lipinski definition) is 0. The second-order valence-corrected chi connectivity index (χ2v) is 20.6. The molecule has 0 aliphatic carbocycles. The summed E-state index contributed by atoms with van der Waals surface area (Å²) in [5.41, 5.74) is 6.57. The van der Waals surface area contributed by atoms with Gasteiger partial charge in [0, 0.05) is 29.4 Å². The van der Waals surface area contributed by atoms with Gasteiger partial charge in [-0.1, -0.05) is 180 Å². The van der Waals surface area contributed by atoms with Crippen molar-refractivity contribution in [2.24, 2.45) is 0 Å². The quantitative estimate of drug-likeness (QED) is 0.135. The lowest BCUT2D eigenvalue weighted by molar-refractivity contribution is 1.24. The van der Waals surface area contributed by atoms with E-state index in [9.17, 15) is 0 Å². The summed E-state index contributed by atoms with van der Waals surface area (Å²) in [5.74, 6) is 0. The van der Waals surface area contributed by atoms with Crippen molar-refractivity contribution in [3.63, 3.8) is 0 Å². The summed E-state index contributed by atoms with van der Waals surface area (Å²) in [7, 11) is -3.66. The summed E-state index contributed by atoms with van der Waals surface area (Å²) >= 11 is 0. The zero-order valence-corrected chi connectivity index (χ0v) is 33.2. The first-order valence-electron chi connectivity index (χ1n) is 19.6. The van der Waals surface area contributed by atoms with Crippen LogP contribution in [0.1, 0.15) is 0 Å². The van der Waals surface area contributed by atoms with E-state index in [4.69, 9.17) is 0 Å². The van der Waals surface area contributed by atoms with E-state index in [1.807, 2.05) is 0 Å². The summed E-state index contributed by atoms with van der Waals surface area (Å²) < 4.78 is 0. The Kier molecular flexibility index (Phi) is 9.26. The molecule has 0 saturated carbocycles. The van der Waals surface area contributed by atoms with Gasteiger partial charge in [-0.2, -0.15) is 0 Å². The standard InChI is InChI=1S/C54H41BS2/c1-6-24-43(25-7-1)56(44-26-8-2-9-27-44,45-28-10-3-11-29-45)48-34-22-23-42(41-48)49-35-16-17-36-50(49)55-51-37-18-20-39-53(51)57(46-30-12-4-13-31-46,47-32-14-5-15-33-47)54-40-21-19-38-52(54)55/h1-41H. The maximum Gasteiger partial charge on any atom is 0.244 e. The summed E-state index contributed by atoms with van der Waals surface area (Å²) in [6.45, 7) is 0.0415. The number of rotatable bonds is 8. The molecule has 1 heterocycles. The van der Waals surface area contributed by atoms with Gasteiger partial charge in [-0.15, -0.1) is 20.1 Å². The third-order valence-electron chi connectivity index (χ3n) is 11.4. The Hall–Kier alpha value is -6.26. The van der Waals surface area contributed by atoms with Crippen molar-refractivity contribution in [2.75, 3.05) is 0 Å². The molecule has 1 aliphatic rings. The molecule has 3 heteroatoms. The lowest BCUT2D eigenvalue weighted by Crippen LogP contribution is -2.57. The average Bonchev–Trinajstić information content (AvgIpc) is 3.30. The molecule has 0 atom stereocenters. The van der Waals surface area contributed by atoms with Gasteiger partial charge in [-0.3, -0.25) is 0 Å². The predicted molar refractivity (Wildman–Crippen MR) is 243 cm³/mol. The van der Waals surface area contributed by atoms with Gasteiger partial charge in [-0.05, 0) is 106 Å². The van der Waals surface area contributed by atoms with Crippen LogP contribution in [0.15, 0.2) is 288 Å². The Morgan fingerprint density at radius 1 is 0.298 bits per heavy atom. The zero-order valence-electron chi connectivity index (χ0n) is 31.6. The van der Waals surface area contributed by atoms with Gasteiger partial charge in [0.1, 0.15) is 0 Å². The fourth-order valence-electron chi connectivity index (χ4n) is 9.07. The highest BCUT2D eigenvalue weighted by atomic mass is 32.3. The minimum Gasteiger partial charge on any atom is -0.134 e. The predicted octanol–water partition coefficient (Wildman–Crippen LogP) is 12.9. The fraction of sp³-hybridized carbons (Fsp3) is 0. The molecule has 0 N–H and O–H groups in total. The van der Waals surface area contributed by atoms with Crippen molar-refractivity contribution in [3.05, 3.63) is 249 Å². The Morgan fingerprint density at radius 2 is 0.667 bits per heavy atom. The molecule has 0 fully saturated rings. The molecular formula is C54H41BS2. The van der Waals surface area contributed by atoms with E-state index in [0.29, 0.717) is 0 Å². The third-order valence-corrected chi connectivity index (χ3v) is 19.3. The molecule has 272 valence electrons. The lowest BCUT2D eigenvalue weighted by Gasteiger charge is -2.48. The van der Waals surface area contributed by atoms with Crippen LogP contribution < -0.4 is 16.4 Å².